The first-order chi connectivity index (χ1) is 2.94. The Hall–Kier alpha value is -0.330. The molecule has 0 atom stereocenters. The molecule has 0 bridgehead atoms. The molecule has 0 aromatic carbocycles. The molecule has 0 spiro atoms. The van der Waals surface area contributed by atoms with Gasteiger partial charge >= 0.3 is 0 Å². The van der Waals surface area contributed by atoms with Crippen LogP contribution in [0.1, 0.15) is 17.9 Å². The summed E-state index contributed by atoms with van der Waals surface area (Å²) in [5.41, 5.74) is 0. The van der Waals surface area contributed by atoms with E-state index in [1.54, 1.807) is 0 Å². The molecule has 24 valence electrons. The number of Topliss-reactive ketones (excluding diaryl/α,β-unsaturated/α-hetero) is 1. The van der Waals surface area contributed by atoms with Crippen LogP contribution in [-0.4, -0.2) is 5.78 Å². The summed E-state index contributed by atoms with van der Waals surface area (Å²) < 4.78 is 19.1. The minimum Gasteiger partial charge on any atom is -0.300 e. The summed E-state index contributed by atoms with van der Waals surface area (Å²) in [6.45, 7) is -1.34. The highest BCUT2D eigenvalue weighted by Crippen LogP contribution is 1.50. The molecule has 4 heavy (non-hydrogen) atoms. The minimum absolute atomic E-state index is 0.757. The Labute approximate surface area is 29.8 Å². The largest absolute Gasteiger partial charge is 0.300 e. The third kappa shape index (κ3) is 6.88. The van der Waals surface area contributed by atoms with E-state index >= 15 is 0 Å². The molecule has 0 N–H and O–H groups in total. The maximum atomic E-state index is 9.90. The summed E-state index contributed by atoms with van der Waals surface area (Å²) >= 11 is 0. The fourth-order valence-electron chi connectivity index (χ4n) is 0. The first kappa shape index (κ1) is 0.814. The first-order valence-electron chi connectivity index (χ1n) is 2.45. The van der Waals surface area contributed by atoms with Gasteiger partial charge in [0.05, 0.1) is 0 Å². The van der Waals surface area contributed by atoms with E-state index in [2.05, 4.69) is 0 Å². The Morgan fingerprint density at radius 1 is 2.25 bits per heavy atom. The Balaban J connectivity index is 3.79. The number of hydrogen-bond donors (Lipinski definition) is 0. The molecule has 0 aromatic heterocycles. The molecule has 0 saturated carbocycles. The molecular weight excluding hydrogens is 53.0 g/mol. The molecule has 0 aliphatic rings. The van der Waals surface area contributed by atoms with Gasteiger partial charge in [-0.25, -0.2) is 0 Å². The summed E-state index contributed by atoms with van der Waals surface area (Å²) in [7, 11) is 0. The predicted octanol–water partition coefficient (Wildman–Crippen LogP) is 0.595. The normalized spacial score (nSPS) is 20.8. The van der Waals surface area contributed by atoms with Crippen molar-refractivity contribution in [3.05, 3.63) is 0 Å². The topological polar surface area (TPSA) is 17.1 Å². The van der Waals surface area contributed by atoms with Gasteiger partial charge in [0.25, 0.3) is 0 Å². The van der Waals surface area contributed by atoms with E-state index < -0.39 is 12.6 Å². The second-order valence-electron chi connectivity index (χ2n) is 0.556. The zero-order chi connectivity index (χ0) is 6.08. The fourth-order valence-corrected chi connectivity index (χ4v) is 0. The molecule has 0 fully saturated rings. The van der Waals surface area contributed by atoms with E-state index in [4.69, 9.17) is 4.11 Å². The lowest BCUT2D eigenvalue weighted by Gasteiger charge is -1.56. The maximum absolute atomic E-state index is 9.90. The molecule has 0 aliphatic carbocycles. The van der Waals surface area contributed by atoms with Crippen molar-refractivity contribution in [3.63, 3.8) is 0 Å². The highest BCUT2D eigenvalue weighted by Gasteiger charge is 1.62. The van der Waals surface area contributed by atoms with Gasteiger partial charge in [-0.15, -0.1) is 0 Å². The van der Waals surface area contributed by atoms with E-state index in [0.717, 1.165) is 6.92 Å². The van der Waals surface area contributed by atoms with Gasteiger partial charge in [-0.3, -0.25) is 0 Å². The van der Waals surface area contributed by atoms with Crippen LogP contribution in [0.15, 0.2) is 0 Å². The van der Waals surface area contributed by atoms with Gasteiger partial charge < -0.3 is 4.79 Å². The second kappa shape index (κ2) is 1.04. The van der Waals surface area contributed by atoms with Crippen LogP contribution in [0.5, 0.6) is 0 Å². The molecule has 0 aliphatic heterocycles. The summed E-state index contributed by atoms with van der Waals surface area (Å²) in [5, 5.41) is 0. The molecule has 0 heterocycles. The molecule has 0 unspecified atom stereocenters. The van der Waals surface area contributed by atoms with Gasteiger partial charge in [-0.2, -0.15) is 0 Å². The third-order valence-electron chi connectivity index (χ3n) is 0. The van der Waals surface area contributed by atoms with Crippen molar-refractivity contribution >= 4 is 5.78 Å². The van der Waals surface area contributed by atoms with Gasteiger partial charge in [0.2, 0.25) is 0 Å². The zero-order valence-electron chi connectivity index (χ0n) is 5.41. The Bertz CT molecular complexity index is 82.7. The van der Waals surface area contributed by atoms with Crippen molar-refractivity contribution in [1.82, 2.24) is 0 Å². The van der Waals surface area contributed by atoms with Crippen LogP contribution in [0.2, 0.25) is 0 Å². The van der Waals surface area contributed by atoms with E-state index in [1.807, 2.05) is 0 Å². The standard InChI is InChI=1S/C3H6O/c1-3(2)4/h1-2H3/i1D3,3+1. The lowest BCUT2D eigenvalue weighted by Crippen LogP contribution is -1.69. The first-order valence-corrected chi connectivity index (χ1v) is 0.954. The fraction of sp³-hybridized carbons (Fsp3) is 0.667. The second-order valence-corrected chi connectivity index (χ2v) is 0.556. The monoisotopic (exact) mass is 62.1 g/mol. The number of ketones is 1. The molecule has 0 aromatic rings. The summed E-state index contributed by atoms with van der Waals surface area (Å²) in [6, 6.07) is 0. The lowest BCUT2D eigenvalue weighted by molar-refractivity contribution is -0.114. The van der Waals surface area contributed by atoms with Gasteiger partial charge in [-0.05, 0) is 13.8 Å². The number of carbonyl (C=O) groups excluding carboxylic acids is 1. The van der Waals surface area contributed by atoms with Gasteiger partial charge in [0.1, 0.15) is 5.78 Å². The van der Waals surface area contributed by atoms with Crippen molar-refractivity contribution in [2.24, 2.45) is 0 Å². The van der Waals surface area contributed by atoms with Crippen molar-refractivity contribution in [3.8, 4) is 0 Å². The average Bonchev–Trinajstić information content (AvgIpc) is 1.31. The van der Waals surface area contributed by atoms with Crippen LogP contribution in [0.3, 0.4) is 0 Å². The van der Waals surface area contributed by atoms with Crippen LogP contribution < -0.4 is 0 Å². The summed E-state index contributed by atoms with van der Waals surface area (Å²) in [6.07, 6.45) is 0. The third-order valence-corrected chi connectivity index (χ3v) is 0. The Kier molecular flexibility index (Phi) is 0.213. The average molecular weight is 62.1 g/mol. The van der Waals surface area contributed by atoms with Crippen LogP contribution in [0.25, 0.3) is 0 Å². The Morgan fingerprint density at radius 3 is 2.50 bits per heavy atom. The highest BCUT2D eigenvalue weighted by atomic mass is 16.2. The van der Waals surface area contributed by atoms with E-state index in [0.29, 0.717) is 0 Å². The van der Waals surface area contributed by atoms with E-state index in [-0.39, 0.29) is 0 Å². The van der Waals surface area contributed by atoms with E-state index in [1.165, 1.54) is 0 Å². The molecule has 0 saturated heterocycles. The van der Waals surface area contributed by atoms with Gasteiger partial charge in [0, 0.05) is 4.11 Å². The van der Waals surface area contributed by atoms with E-state index in [9.17, 15) is 4.79 Å². The van der Waals surface area contributed by atoms with Gasteiger partial charge in [0.15, 0.2) is 0 Å². The molecule has 1 nitrogen and oxygen atoms in total. The van der Waals surface area contributed by atoms with Crippen molar-refractivity contribution in [2.45, 2.75) is 13.8 Å². The predicted molar refractivity (Wildman–Crippen MR) is 16.4 cm³/mol. The zero-order valence-corrected chi connectivity index (χ0v) is 2.41. The molecule has 0 amide bonds. The molecule has 0 rings (SSSR count). The Morgan fingerprint density at radius 2 is 2.50 bits per heavy atom. The van der Waals surface area contributed by atoms with Gasteiger partial charge in [-0.1, -0.05) is 0 Å². The van der Waals surface area contributed by atoms with Crippen LogP contribution in [0, 0.1) is 0 Å². The van der Waals surface area contributed by atoms with Crippen LogP contribution in [-0.2, 0) is 4.79 Å². The highest BCUT2D eigenvalue weighted by molar-refractivity contribution is 5.72. The number of carbonyl (C=O) groups is 1. The number of hydrogen-bond acceptors (Lipinski definition) is 1. The molecular formula is C3H6O. The smallest absolute Gasteiger partial charge is 0.126 e. The van der Waals surface area contributed by atoms with Crippen molar-refractivity contribution in [1.29, 1.82) is 0 Å². The van der Waals surface area contributed by atoms with Crippen molar-refractivity contribution < 1.29 is 8.91 Å². The van der Waals surface area contributed by atoms with Crippen molar-refractivity contribution in [2.75, 3.05) is 0 Å². The molecule has 1 heteroatoms. The maximum Gasteiger partial charge on any atom is 0.126 e. The number of rotatable bonds is 0. The quantitative estimate of drug-likeness (QED) is 0.375. The van der Waals surface area contributed by atoms with Crippen LogP contribution in [0.4, 0.5) is 0 Å². The minimum atomic E-state index is -2.39. The van der Waals surface area contributed by atoms with Crippen LogP contribution >= 0.6 is 0 Å². The SMILES string of the molecule is [2H]C([2H])([2H])[13C](C)=O. The summed E-state index contributed by atoms with van der Waals surface area (Å²) in [5.74, 6) is -0.757. The lowest BCUT2D eigenvalue weighted by atomic mass is 11.0. The molecule has 0 radical (unpaired) electrons. The summed E-state index contributed by atoms with van der Waals surface area (Å²) in [4.78, 5) is 9.90.